The molecule has 2 N–H and O–H groups in total. The van der Waals surface area contributed by atoms with Gasteiger partial charge in [-0.15, -0.1) is 0 Å². The van der Waals surface area contributed by atoms with Crippen LogP contribution in [0, 0.1) is 0 Å². The maximum absolute atomic E-state index is 7.00. The van der Waals surface area contributed by atoms with E-state index in [-0.39, 0.29) is 0 Å². The molecule has 36 heavy (non-hydrogen) atoms. The van der Waals surface area contributed by atoms with Crippen LogP contribution in [-0.4, -0.2) is 24.4 Å². The van der Waals surface area contributed by atoms with E-state index < -0.39 is 18.8 Å². The predicted octanol–water partition coefficient (Wildman–Crippen LogP) is 6.13. The van der Waals surface area contributed by atoms with Gasteiger partial charge in [0.15, 0.2) is 0 Å². The average molecular weight is 555 g/mol. The van der Waals surface area contributed by atoms with Crippen LogP contribution in [0.2, 0.25) is 4.63 Å². The summed E-state index contributed by atoms with van der Waals surface area (Å²) in [6, 6.07) is 41.0. The van der Waals surface area contributed by atoms with Crippen molar-refractivity contribution >= 4 is 18.7 Å². The second-order valence-electron chi connectivity index (χ2n) is 9.61. The molecule has 6 rings (SSSR count). The van der Waals surface area contributed by atoms with E-state index >= 15 is 0 Å². The Bertz CT molecular complexity index is 1250. The fourth-order valence-electron chi connectivity index (χ4n) is 6.64. The molecule has 0 aliphatic heterocycles. The molecule has 0 heterocycles. The van der Waals surface area contributed by atoms with Gasteiger partial charge in [-0.2, -0.15) is 0 Å². The Morgan fingerprint density at radius 3 is 1.19 bits per heavy atom. The topological polar surface area (TPSA) is 40.5 Å². The summed E-state index contributed by atoms with van der Waals surface area (Å²) in [5, 5.41) is 14.0. The Hall–Kier alpha value is -2.84. The standard InChI is InChI=1S/2C9H7.2C6H5.2CH4O.CH3.Zr/c2*1-2-5-9-7-3-6-8(9)4-1;2*1-2-4-6-5-3-1;2*1-2;;/h2*1-7H;2*1-5H;2*2H,1H3;1H3;. The van der Waals surface area contributed by atoms with Crippen LogP contribution in [-0.2, 0) is 18.8 Å². The number of hydrogen-bond donors (Lipinski definition) is 2. The van der Waals surface area contributed by atoms with Gasteiger partial charge in [0.25, 0.3) is 0 Å². The molecule has 4 aromatic carbocycles. The van der Waals surface area contributed by atoms with Crippen molar-refractivity contribution in [2.45, 2.75) is 11.9 Å². The van der Waals surface area contributed by atoms with Gasteiger partial charge in [-0.3, -0.25) is 0 Å². The fraction of sp³-hybridized carbons (Fsp3) is 0.152. The number of aliphatic hydroxyl groups excluding tert-OH is 2. The molecule has 0 aromatic heterocycles. The number of rotatable bonds is 4. The summed E-state index contributed by atoms with van der Waals surface area (Å²) in [5.41, 5.74) is 5.74. The average Bonchev–Trinajstić information content (AvgIpc) is 3.62. The molecule has 0 amide bonds. The first-order valence-electron chi connectivity index (χ1n) is 12.4. The van der Waals surface area contributed by atoms with Crippen molar-refractivity contribution < 1.29 is 29.0 Å². The predicted molar refractivity (Wildman–Crippen MR) is 151 cm³/mol. The first-order valence-corrected chi connectivity index (χ1v) is 20.2. The number of benzene rings is 4. The quantitative estimate of drug-likeness (QED) is 0.319. The van der Waals surface area contributed by atoms with E-state index in [0.717, 1.165) is 14.2 Å². The SMILES string of the molecule is CO.CO.[CH3][Zr]([c]1ccccc1)([c]1ccccc1)([CH]1C=Cc2ccccc21)[CH]1C=Cc2ccccc21. The van der Waals surface area contributed by atoms with Crippen molar-refractivity contribution in [1.82, 2.24) is 0 Å². The van der Waals surface area contributed by atoms with Crippen molar-refractivity contribution in [3.05, 3.63) is 144 Å². The van der Waals surface area contributed by atoms with E-state index in [4.69, 9.17) is 10.2 Å². The van der Waals surface area contributed by atoms with E-state index in [1.165, 1.54) is 22.3 Å². The Morgan fingerprint density at radius 2 is 0.806 bits per heavy atom. The van der Waals surface area contributed by atoms with Crippen LogP contribution >= 0.6 is 0 Å². The molecule has 2 unspecified atom stereocenters. The summed E-state index contributed by atoms with van der Waals surface area (Å²) in [4.78, 5) is 0. The Balaban J connectivity index is 0.000000726. The molecule has 2 aliphatic carbocycles. The number of aliphatic hydroxyl groups is 2. The van der Waals surface area contributed by atoms with Crippen LogP contribution in [0.3, 0.4) is 0 Å². The van der Waals surface area contributed by atoms with Crippen molar-refractivity contribution in [3.8, 4) is 0 Å². The van der Waals surface area contributed by atoms with Crippen LogP contribution in [0.4, 0.5) is 0 Å². The van der Waals surface area contributed by atoms with E-state index in [1.54, 1.807) is 6.54 Å². The van der Waals surface area contributed by atoms with Crippen LogP contribution in [0.15, 0.2) is 121 Å². The summed E-state index contributed by atoms with van der Waals surface area (Å²) in [5.74, 6) is 0. The van der Waals surface area contributed by atoms with E-state index in [2.05, 4.69) is 138 Å². The normalized spacial score (nSPS) is 18.0. The van der Waals surface area contributed by atoms with Crippen molar-refractivity contribution in [3.63, 3.8) is 0 Å². The van der Waals surface area contributed by atoms with Gasteiger partial charge in [0.1, 0.15) is 0 Å². The van der Waals surface area contributed by atoms with Crippen LogP contribution in [0.1, 0.15) is 29.5 Å². The number of hydrogen-bond acceptors (Lipinski definition) is 2. The first-order chi connectivity index (χ1) is 17.7. The molecule has 0 saturated heterocycles. The Morgan fingerprint density at radius 1 is 0.472 bits per heavy atom. The zero-order chi connectivity index (χ0) is 25.6. The van der Waals surface area contributed by atoms with Crippen molar-refractivity contribution in [1.29, 1.82) is 0 Å². The van der Waals surface area contributed by atoms with Crippen molar-refractivity contribution in [2.75, 3.05) is 14.2 Å². The van der Waals surface area contributed by atoms with Gasteiger partial charge in [0, 0.05) is 14.2 Å². The minimum atomic E-state index is -4.17. The summed E-state index contributed by atoms with van der Waals surface area (Å²) in [6.07, 6.45) is 9.80. The van der Waals surface area contributed by atoms with Gasteiger partial charge in [0.2, 0.25) is 0 Å². The summed E-state index contributed by atoms with van der Waals surface area (Å²) < 4.78 is 6.62. The molecule has 2 nitrogen and oxygen atoms in total. The maximum atomic E-state index is 7.00. The molecule has 0 radical (unpaired) electrons. The summed E-state index contributed by atoms with van der Waals surface area (Å²) in [7, 11) is 2.00. The van der Waals surface area contributed by atoms with E-state index in [9.17, 15) is 0 Å². The molecule has 2 atom stereocenters. The monoisotopic (exact) mass is 553 g/mol. The van der Waals surface area contributed by atoms with Gasteiger partial charge in [-0.1, -0.05) is 0 Å². The molecule has 0 bridgehead atoms. The number of fused-ring (bicyclic) bond motifs is 2. The van der Waals surface area contributed by atoms with Gasteiger partial charge in [0.05, 0.1) is 0 Å². The first kappa shape index (κ1) is 26.2. The third kappa shape index (κ3) is 3.91. The third-order valence-corrected chi connectivity index (χ3v) is 27.8. The van der Waals surface area contributed by atoms with Crippen LogP contribution in [0.25, 0.3) is 12.2 Å². The van der Waals surface area contributed by atoms with E-state index in [1.807, 2.05) is 0 Å². The third-order valence-electron chi connectivity index (χ3n) is 8.28. The van der Waals surface area contributed by atoms with Gasteiger partial charge in [-0.25, -0.2) is 0 Å². The molecule has 0 fully saturated rings. The van der Waals surface area contributed by atoms with Crippen LogP contribution < -0.4 is 6.54 Å². The Labute approximate surface area is 216 Å². The Kier molecular flexibility index (Phi) is 8.05. The summed E-state index contributed by atoms with van der Waals surface area (Å²) in [6.45, 7) is 0. The molecule has 3 heteroatoms. The van der Waals surface area contributed by atoms with Gasteiger partial charge < -0.3 is 10.2 Å². The minimum absolute atomic E-state index is 0.401. The van der Waals surface area contributed by atoms with Crippen molar-refractivity contribution in [2.24, 2.45) is 0 Å². The van der Waals surface area contributed by atoms with Gasteiger partial charge >= 0.3 is 193 Å². The zero-order valence-corrected chi connectivity index (χ0v) is 23.7. The molecule has 4 aromatic rings. The fourth-order valence-corrected chi connectivity index (χ4v) is 25.4. The molecule has 0 saturated carbocycles. The molecule has 183 valence electrons. The molecular weight excluding hydrogens is 520 g/mol. The number of allylic oxidation sites excluding steroid dienone is 2. The molecule has 2 aliphatic rings. The second kappa shape index (κ2) is 11.1. The van der Waals surface area contributed by atoms with Crippen LogP contribution in [0.5, 0.6) is 0 Å². The van der Waals surface area contributed by atoms with E-state index in [0.29, 0.717) is 7.25 Å². The second-order valence-corrected chi connectivity index (χ2v) is 25.1. The zero-order valence-electron chi connectivity index (χ0n) is 21.3. The van der Waals surface area contributed by atoms with Gasteiger partial charge in [-0.05, 0) is 0 Å². The molecular formula is C33H35O2Zr. The summed E-state index contributed by atoms with van der Waals surface area (Å²) >= 11 is -4.17. The molecule has 0 spiro atoms.